The Morgan fingerprint density at radius 3 is 2.83 bits per heavy atom. The quantitative estimate of drug-likeness (QED) is 0.894. The van der Waals surface area contributed by atoms with E-state index in [2.05, 4.69) is 5.32 Å². The summed E-state index contributed by atoms with van der Waals surface area (Å²) in [6, 6.07) is 15.1. The van der Waals surface area contributed by atoms with Crippen LogP contribution < -0.4 is 10.1 Å². The first kappa shape index (κ1) is 14.0. The van der Waals surface area contributed by atoms with Crippen molar-refractivity contribution in [3.8, 4) is 5.75 Å². The van der Waals surface area contributed by atoms with E-state index in [4.69, 9.17) is 4.74 Å². The van der Waals surface area contributed by atoms with Gasteiger partial charge in [-0.2, -0.15) is 0 Å². The van der Waals surface area contributed by atoms with Crippen LogP contribution in [0.3, 0.4) is 0 Å². The van der Waals surface area contributed by atoms with E-state index in [1.807, 2.05) is 54.6 Å². The molecule has 4 rings (SSSR count). The number of hydrogen-bond acceptors (Lipinski definition) is 3. The zero-order valence-electron chi connectivity index (χ0n) is 12.5. The Morgan fingerprint density at radius 2 is 1.91 bits per heavy atom. The van der Waals surface area contributed by atoms with E-state index < -0.39 is 6.10 Å². The number of aliphatic hydroxyl groups is 1. The standard InChI is InChI=1S/C19H17NO3/c21-16-10-12-5-1-3-7-15(12)18(16)20-19(22)14-9-13-6-2-4-8-17(13)23-11-14/h1-9,16,18,21H,10-11H2,(H,20,22)/t16-,18-/m0/s1. The first-order valence-corrected chi connectivity index (χ1v) is 7.71. The highest BCUT2D eigenvalue weighted by Crippen LogP contribution is 2.32. The lowest BCUT2D eigenvalue weighted by Gasteiger charge is -2.21. The molecule has 2 N–H and O–H groups in total. The zero-order valence-corrected chi connectivity index (χ0v) is 12.5. The molecule has 0 saturated heterocycles. The highest BCUT2D eigenvalue weighted by Gasteiger charge is 2.32. The average molecular weight is 307 g/mol. The van der Waals surface area contributed by atoms with Crippen molar-refractivity contribution in [2.24, 2.45) is 0 Å². The summed E-state index contributed by atoms with van der Waals surface area (Å²) in [5, 5.41) is 13.2. The van der Waals surface area contributed by atoms with Crippen molar-refractivity contribution in [3.63, 3.8) is 0 Å². The number of nitrogens with one attached hydrogen (secondary N) is 1. The van der Waals surface area contributed by atoms with E-state index in [1.54, 1.807) is 0 Å². The number of carbonyl (C=O) groups excluding carboxylic acids is 1. The summed E-state index contributed by atoms with van der Waals surface area (Å²) >= 11 is 0. The summed E-state index contributed by atoms with van der Waals surface area (Å²) in [7, 11) is 0. The molecule has 0 spiro atoms. The minimum atomic E-state index is -0.589. The lowest BCUT2D eigenvalue weighted by atomic mass is 10.0. The number of carbonyl (C=O) groups is 1. The second-order valence-corrected chi connectivity index (χ2v) is 5.92. The third-order valence-electron chi connectivity index (χ3n) is 4.41. The summed E-state index contributed by atoms with van der Waals surface area (Å²) in [4.78, 5) is 12.5. The molecule has 4 nitrogen and oxygen atoms in total. The first-order chi connectivity index (χ1) is 11.2. The number of fused-ring (bicyclic) bond motifs is 2. The Labute approximate surface area is 134 Å². The van der Waals surface area contributed by atoms with Crippen molar-refractivity contribution in [1.29, 1.82) is 0 Å². The van der Waals surface area contributed by atoms with E-state index in [-0.39, 0.29) is 18.6 Å². The van der Waals surface area contributed by atoms with E-state index in [9.17, 15) is 9.90 Å². The molecule has 2 atom stereocenters. The Bertz CT molecular complexity index is 797. The van der Waals surface area contributed by atoms with Gasteiger partial charge >= 0.3 is 0 Å². The summed E-state index contributed by atoms with van der Waals surface area (Å²) < 4.78 is 5.63. The highest BCUT2D eigenvalue weighted by molar-refractivity contribution is 5.99. The number of aliphatic hydroxyl groups excluding tert-OH is 1. The zero-order chi connectivity index (χ0) is 15.8. The van der Waals surface area contributed by atoms with Gasteiger partial charge in [-0.05, 0) is 23.3 Å². The first-order valence-electron chi connectivity index (χ1n) is 7.71. The van der Waals surface area contributed by atoms with Gasteiger partial charge < -0.3 is 15.2 Å². The molecule has 0 bridgehead atoms. The van der Waals surface area contributed by atoms with Gasteiger partial charge in [-0.15, -0.1) is 0 Å². The molecule has 23 heavy (non-hydrogen) atoms. The normalized spacial score (nSPS) is 21.7. The maximum absolute atomic E-state index is 12.5. The summed E-state index contributed by atoms with van der Waals surface area (Å²) in [6.45, 7) is 0.243. The number of amides is 1. The monoisotopic (exact) mass is 307 g/mol. The fraction of sp³-hybridized carbons (Fsp3) is 0.211. The molecule has 1 aliphatic heterocycles. The van der Waals surface area contributed by atoms with Crippen LogP contribution in [0.15, 0.2) is 54.1 Å². The summed E-state index contributed by atoms with van der Waals surface area (Å²) in [5.41, 5.74) is 3.55. The summed E-state index contributed by atoms with van der Waals surface area (Å²) in [5.74, 6) is 0.593. The van der Waals surface area contributed by atoms with Gasteiger partial charge in [-0.1, -0.05) is 42.5 Å². The van der Waals surface area contributed by atoms with E-state index in [0.717, 1.165) is 22.4 Å². The molecule has 0 unspecified atom stereocenters. The summed E-state index contributed by atoms with van der Waals surface area (Å²) in [6.07, 6.45) is 1.83. The molecule has 116 valence electrons. The predicted octanol–water partition coefficient (Wildman–Crippen LogP) is 2.24. The van der Waals surface area contributed by atoms with Gasteiger partial charge in [-0.3, -0.25) is 4.79 Å². The van der Waals surface area contributed by atoms with Crippen LogP contribution >= 0.6 is 0 Å². The van der Waals surface area contributed by atoms with Crippen molar-refractivity contribution >= 4 is 12.0 Å². The van der Waals surface area contributed by atoms with Gasteiger partial charge in [0.1, 0.15) is 12.4 Å². The lowest BCUT2D eigenvalue weighted by Crippen LogP contribution is -2.36. The molecule has 1 heterocycles. The second kappa shape index (κ2) is 5.56. The predicted molar refractivity (Wildman–Crippen MR) is 87.0 cm³/mol. The number of benzene rings is 2. The van der Waals surface area contributed by atoms with Crippen LogP contribution in [0.4, 0.5) is 0 Å². The molecule has 0 radical (unpaired) electrons. The second-order valence-electron chi connectivity index (χ2n) is 5.92. The Kier molecular flexibility index (Phi) is 3.39. The molecule has 1 aliphatic carbocycles. The largest absolute Gasteiger partial charge is 0.488 e. The van der Waals surface area contributed by atoms with Crippen molar-refractivity contribution < 1.29 is 14.6 Å². The molecule has 2 aromatic carbocycles. The van der Waals surface area contributed by atoms with Crippen LogP contribution in [-0.4, -0.2) is 23.7 Å². The van der Waals surface area contributed by atoms with Crippen LogP contribution in [0.2, 0.25) is 0 Å². The van der Waals surface area contributed by atoms with Crippen LogP contribution in [0.25, 0.3) is 6.08 Å². The van der Waals surface area contributed by atoms with Crippen LogP contribution in [0.1, 0.15) is 22.7 Å². The fourth-order valence-electron chi connectivity index (χ4n) is 3.23. The SMILES string of the molecule is O=C(N[C@H]1c2ccccc2C[C@@H]1O)C1=Cc2ccccc2OC1. The van der Waals surface area contributed by atoms with Crippen molar-refractivity contribution in [2.45, 2.75) is 18.6 Å². The minimum Gasteiger partial charge on any atom is -0.488 e. The van der Waals surface area contributed by atoms with E-state index >= 15 is 0 Å². The van der Waals surface area contributed by atoms with Gasteiger partial charge in [-0.25, -0.2) is 0 Å². The Balaban J connectivity index is 1.56. The van der Waals surface area contributed by atoms with Crippen molar-refractivity contribution in [2.75, 3.05) is 6.61 Å². The Hall–Kier alpha value is -2.59. The van der Waals surface area contributed by atoms with Gasteiger partial charge in [0.2, 0.25) is 0 Å². The van der Waals surface area contributed by atoms with Crippen LogP contribution in [-0.2, 0) is 11.2 Å². The molecular formula is C19H17NO3. The fourth-order valence-corrected chi connectivity index (χ4v) is 3.23. The molecule has 0 aromatic heterocycles. The smallest absolute Gasteiger partial charge is 0.251 e. The maximum Gasteiger partial charge on any atom is 0.251 e. The minimum absolute atomic E-state index is 0.194. The third kappa shape index (κ3) is 2.51. The molecule has 0 fully saturated rings. The van der Waals surface area contributed by atoms with Crippen LogP contribution in [0, 0.1) is 0 Å². The molecule has 2 aromatic rings. The van der Waals surface area contributed by atoms with Gasteiger partial charge in [0.15, 0.2) is 0 Å². The molecule has 0 saturated carbocycles. The van der Waals surface area contributed by atoms with Crippen molar-refractivity contribution in [3.05, 3.63) is 70.8 Å². The number of para-hydroxylation sites is 1. The molecule has 2 aliphatic rings. The Morgan fingerprint density at radius 1 is 1.13 bits per heavy atom. The number of hydrogen-bond donors (Lipinski definition) is 2. The number of rotatable bonds is 2. The van der Waals surface area contributed by atoms with Gasteiger partial charge in [0.05, 0.1) is 17.7 Å². The highest BCUT2D eigenvalue weighted by atomic mass is 16.5. The third-order valence-corrected chi connectivity index (χ3v) is 4.41. The van der Waals surface area contributed by atoms with Crippen molar-refractivity contribution in [1.82, 2.24) is 5.32 Å². The lowest BCUT2D eigenvalue weighted by molar-refractivity contribution is -0.119. The number of ether oxygens (including phenoxy) is 1. The maximum atomic E-state index is 12.5. The van der Waals surface area contributed by atoms with Gasteiger partial charge in [0.25, 0.3) is 5.91 Å². The van der Waals surface area contributed by atoms with Gasteiger partial charge in [0, 0.05) is 12.0 Å². The average Bonchev–Trinajstić information content (AvgIpc) is 2.90. The topological polar surface area (TPSA) is 58.6 Å². The van der Waals surface area contributed by atoms with E-state index in [1.165, 1.54) is 0 Å². The molecule has 1 amide bonds. The van der Waals surface area contributed by atoms with E-state index in [0.29, 0.717) is 12.0 Å². The molecule has 4 heteroatoms. The molecular weight excluding hydrogens is 290 g/mol. The van der Waals surface area contributed by atoms with Crippen LogP contribution in [0.5, 0.6) is 5.75 Å².